The molecular weight excluding hydrogens is 290 g/mol. The van der Waals surface area contributed by atoms with Gasteiger partial charge in [0, 0.05) is 11.6 Å². The lowest BCUT2D eigenvalue weighted by Crippen LogP contribution is -2.80. The molecule has 0 spiro atoms. The van der Waals surface area contributed by atoms with E-state index in [1.54, 1.807) is 13.0 Å². The van der Waals surface area contributed by atoms with Gasteiger partial charge in [0.15, 0.2) is 11.7 Å². The molecule has 0 saturated heterocycles. The highest BCUT2D eigenvalue weighted by Crippen LogP contribution is 2.20. The molecule has 2 aromatic carbocycles. The Morgan fingerprint density at radius 2 is 1.87 bits per heavy atom. The zero-order valence-electron chi connectivity index (χ0n) is 12.9. The quantitative estimate of drug-likeness (QED) is 0.370. The van der Waals surface area contributed by atoms with Crippen LogP contribution in [0, 0.1) is 0 Å². The van der Waals surface area contributed by atoms with Crippen molar-refractivity contribution in [2.75, 3.05) is 12.3 Å². The van der Waals surface area contributed by atoms with Gasteiger partial charge >= 0.3 is 5.97 Å². The number of benzene rings is 2. The molecule has 5 nitrogen and oxygen atoms in total. The minimum Gasteiger partial charge on any atom is -0.763 e. The molecule has 0 aromatic heterocycles. The Kier molecular flexibility index (Phi) is 5.69. The maximum Gasteiger partial charge on any atom is 0.346 e. The molecule has 0 heterocycles. The standard InChI is InChI=1S/C18H18N3O2/c1-2-23-18(22)14(12-19)17(13-8-4-3-5-9-13)21-16-11-7-6-10-15(16)20/h3-11,17,21H,2,20H2,1H3/q-1/p+1. The van der Waals surface area contributed by atoms with Crippen LogP contribution in [-0.4, -0.2) is 18.4 Å². The molecule has 0 fully saturated rings. The van der Waals surface area contributed by atoms with Crippen LogP contribution in [0.25, 0.3) is 5.41 Å². The largest absolute Gasteiger partial charge is 0.763 e. The Morgan fingerprint density at radius 1 is 1.22 bits per heavy atom. The SMILES string of the molecule is CCOC(=O)C(=C=[N-])C([NH2+]c1ccccc1N)c1ccccc1. The predicted molar refractivity (Wildman–Crippen MR) is 90.1 cm³/mol. The molecule has 0 radical (unpaired) electrons. The van der Waals surface area contributed by atoms with Gasteiger partial charge in [-0.2, -0.15) is 0 Å². The monoisotopic (exact) mass is 309 g/mol. The third kappa shape index (κ3) is 4.07. The third-order valence-electron chi connectivity index (χ3n) is 3.43. The first-order valence-electron chi connectivity index (χ1n) is 7.35. The number of esters is 1. The average Bonchev–Trinajstić information content (AvgIpc) is 2.57. The number of para-hydroxylation sites is 2. The lowest BCUT2D eigenvalue weighted by Gasteiger charge is -2.18. The van der Waals surface area contributed by atoms with E-state index in [2.05, 4.69) is 0 Å². The summed E-state index contributed by atoms with van der Waals surface area (Å²) in [5.74, 6) is 1.39. The van der Waals surface area contributed by atoms with E-state index >= 15 is 0 Å². The van der Waals surface area contributed by atoms with Crippen molar-refractivity contribution in [2.24, 2.45) is 0 Å². The molecule has 23 heavy (non-hydrogen) atoms. The van der Waals surface area contributed by atoms with Crippen molar-refractivity contribution < 1.29 is 14.8 Å². The second kappa shape index (κ2) is 7.94. The van der Waals surface area contributed by atoms with Gasteiger partial charge in [0.25, 0.3) is 0 Å². The maximum absolute atomic E-state index is 12.1. The van der Waals surface area contributed by atoms with Crippen molar-refractivity contribution in [3.63, 3.8) is 0 Å². The lowest BCUT2D eigenvalue weighted by molar-refractivity contribution is -0.606. The van der Waals surface area contributed by atoms with Crippen LogP contribution < -0.4 is 11.1 Å². The second-order valence-electron chi connectivity index (χ2n) is 4.93. The van der Waals surface area contributed by atoms with Gasteiger partial charge in [-0.1, -0.05) is 42.5 Å². The van der Waals surface area contributed by atoms with Crippen LogP contribution in [0.4, 0.5) is 11.4 Å². The summed E-state index contributed by atoms with van der Waals surface area (Å²) in [4.78, 5) is 12.1. The number of carbonyl (C=O) groups excluding carboxylic acids is 1. The number of nitrogens with zero attached hydrogens (tertiary/aromatic N) is 1. The Morgan fingerprint density at radius 3 is 2.48 bits per heavy atom. The summed E-state index contributed by atoms with van der Waals surface area (Å²) < 4.78 is 5.02. The Labute approximate surface area is 135 Å². The van der Waals surface area contributed by atoms with Crippen LogP contribution in [0.15, 0.2) is 60.2 Å². The molecule has 1 unspecified atom stereocenters. The van der Waals surface area contributed by atoms with Crippen LogP contribution in [0.2, 0.25) is 0 Å². The number of nitrogen functional groups attached to an aromatic ring is 1. The summed E-state index contributed by atoms with van der Waals surface area (Å²) >= 11 is 0. The van der Waals surface area contributed by atoms with Crippen molar-refractivity contribution in [1.82, 2.24) is 0 Å². The highest BCUT2D eigenvalue weighted by atomic mass is 16.5. The number of ether oxygens (including phenoxy) is 1. The van der Waals surface area contributed by atoms with E-state index in [9.17, 15) is 10.2 Å². The number of hydrogen-bond donors (Lipinski definition) is 2. The number of carbonyl (C=O) groups is 1. The van der Waals surface area contributed by atoms with Gasteiger partial charge in [0.05, 0.1) is 12.3 Å². The van der Waals surface area contributed by atoms with Gasteiger partial charge in [-0.3, -0.25) is 5.87 Å². The molecule has 0 saturated carbocycles. The second-order valence-corrected chi connectivity index (χ2v) is 4.93. The number of nitrogens with two attached hydrogens (primary N) is 2. The molecule has 0 amide bonds. The van der Waals surface area contributed by atoms with Gasteiger partial charge in [0.1, 0.15) is 5.57 Å². The van der Waals surface area contributed by atoms with E-state index in [1.807, 2.05) is 59.7 Å². The van der Waals surface area contributed by atoms with Gasteiger partial charge in [-0.05, 0) is 13.0 Å². The third-order valence-corrected chi connectivity index (χ3v) is 3.43. The van der Waals surface area contributed by atoms with E-state index in [0.717, 1.165) is 11.3 Å². The van der Waals surface area contributed by atoms with E-state index in [1.165, 1.54) is 0 Å². The molecule has 0 bridgehead atoms. The fourth-order valence-electron chi connectivity index (χ4n) is 2.30. The van der Waals surface area contributed by atoms with Gasteiger partial charge in [-0.25, -0.2) is 4.79 Å². The minimum absolute atomic E-state index is 0.0429. The van der Waals surface area contributed by atoms with Gasteiger partial charge in [0.2, 0.25) is 0 Å². The first-order valence-corrected chi connectivity index (χ1v) is 7.35. The van der Waals surface area contributed by atoms with Crippen molar-refractivity contribution >= 4 is 23.2 Å². The molecular formula is C18H19N3O2. The average molecular weight is 309 g/mol. The fourth-order valence-corrected chi connectivity index (χ4v) is 2.30. The Hall–Kier alpha value is -2.88. The maximum atomic E-state index is 12.1. The molecule has 0 aliphatic rings. The van der Waals surface area contributed by atoms with Gasteiger partial charge < -0.3 is 21.2 Å². The fraction of sp³-hybridized carbons (Fsp3) is 0.167. The molecule has 2 aromatic rings. The smallest absolute Gasteiger partial charge is 0.346 e. The number of quaternary nitrogens is 1. The van der Waals surface area contributed by atoms with Crippen LogP contribution in [0.3, 0.4) is 0 Å². The highest BCUT2D eigenvalue weighted by molar-refractivity contribution is 5.99. The topological polar surface area (TPSA) is 91.2 Å². The first kappa shape index (κ1) is 16.5. The van der Waals surface area contributed by atoms with Crippen LogP contribution >= 0.6 is 0 Å². The number of rotatable bonds is 6. The summed E-state index contributed by atoms with van der Waals surface area (Å²) in [5, 5.41) is 11.3. The van der Waals surface area contributed by atoms with Gasteiger partial charge in [-0.15, -0.1) is 0 Å². The van der Waals surface area contributed by atoms with Crippen LogP contribution in [0.5, 0.6) is 0 Å². The molecule has 0 aliphatic heterocycles. The summed E-state index contributed by atoms with van der Waals surface area (Å²) in [7, 11) is 0. The number of hydrogen-bond acceptors (Lipinski definition) is 3. The highest BCUT2D eigenvalue weighted by Gasteiger charge is 2.27. The Bertz CT molecular complexity index is 722. The summed E-state index contributed by atoms with van der Waals surface area (Å²) in [6.45, 7) is 1.93. The normalized spacial score (nSPS) is 11.3. The molecule has 4 N–H and O–H groups in total. The molecule has 1 atom stereocenters. The summed E-state index contributed by atoms with van der Waals surface area (Å²) in [5.41, 5.74) is 8.23. The van der Waals surface area contributed by atoms with Crippen molar-refractivity contribution in [1.29, 1.82) is 0 Å². The van der Waals surface area contributed by atoms with Crippen molar-refractivity contribution in [3.8, 4) is 0 Å². The molecule has 2 rings (SSSR count). The minimum atomic E-state index is -0.602. The van der Waals surface area contributed by atoms with Crippen LogP contribution in [0.1, 0.15) is 18.5 Å². The molecule has 0 aliphatic carbocycles. The zero-order chi connectivity index (χ0) is 16.7. The van der Waals surface area contributed by atoms with E-state index in [0.29, 0.717) is 5.69 Å². The predicted octanol–water partition coefficient (Wildman–Crippen LogP) is 1.93. The van der Waals surface area contributed by atoms with Crippen molar-refractivity contribution in [2.45, 2.75) is 13.0 Å². The first-order chi connectivity index (χ1) is 11.2. The number of anilines is 1. The van der Waals surface area contributed by atoms with Crippen molar-refractivity contribution in [3.05, 3.63) is 71.1 Å². The van der Waals surface area contributed by atoms with E-state index in [-0.39, 0.29) is 12.2 Å². The summed E-state index contributed by atoms with van der Waals surface area (Å²) in [6, 6.07) is 16.2. The lowest BCUT2D eigenvalue weighted by atomic mass is 9.99. The van der Waals surface area contributed by atoms with Crippen LogP contribution in [-0.2, 0) is 9.53 Å². The Balaban J connectivity index is 2.42. The summed E-state index contributed by atoms with van der Waals surface area (Å²) in [6.07, 6.45) is 0. The van der Waals surface area contributed by atoms with E-state index < -0.39 is 12.0 Å². The zero-order valence-corrected chi connectivity index (χ0v) is 12.9. The van der Waals surface area contributed by atoms with E-state index in [4.69, 9.17) is 10.5 Å². The molecule has 5 heteroatoms. The molecule has 118 valence electrons.